The molecule has 1 atom stereocenters. The lowest BCUT2D eigenvalue weighted by Gasteiger charge is -2.07. The summed E-state index contributed by atoms with van der Waals surface area (Å²) < 4.78 is 4.72. The van der Waals surface area contributed by atoms with Gasteiger partial charge < -0.3 is 14.9 Å². The normalized spacial score (nSPS) is 17.1. The summed E-state index contributed by atoms with van der Waals surface area (Å²) in [4.78, 5) is 28.2. The fourth-order valence-corrected chi connectivity index (χ4v) is 1.82. The molecule has 1 aromatic rings. The molecule has 2 rings (SSSR count). The SMILES string of the molecule is CCOC(=O)CNC(=O)C1=NOC(c2ccccc2)C1. The molecule has 20 heavy (non-hydrogen) atoms. The van der Waals surface area contributed by atoms with Crippen LogP contribution in [-0.4, -0.2) is 30.7 Å². The number of oxime groups is 1. The number of rotatable bonds is 5. The molecule has 0 saturated carbocycles. The zero-order chi connectivity index (χ0) is 14.4. The first-order chi connectivity index (χ1) is 9.70. The first-order valence-corrected chi connectivity index (χ1v) is 6.42. The molecule has 1 N–H and O–H groups in total. The predicted molar refractivity (Wildman–Crippen MR) is 72.0 cm³/mol. The molecule has 0 aliphatic carbocycles. The van der Waals surface area contributed by atoms with Crippen molar-refractivity contribution < 1.29 is 19.2 Å². The number of hydrogen-bond donors (Lipinski definition) is 1. The molecule has 0 aromatic heterocycles. The lowest BCUT2D eigenvalue weighted by molar-refractivity contribution is -0.142. The van der Waals surface area contributed by atoms with Crippen LogP contribution < -0.4 is 5.32 Å². The largest absolute Gasteiger partial charge is 0.465 e. The summed E-state index contributed by atoms with van der Waals surface area (Å²) >= 11 is 0. The highest BCUT2D eigenvalue weighted by molar-refractivity contribution is 6.39. The second kappa shape index (κ2) is 6.70. The zero-order valence-corrected chi connectivity index (χ0v) is 11.2. The van der Waals surface area contributed by atoms with E-state index in [2.05, 4.69) is 10.5 Å². The molecular formula is C14H16N2O4. The van der Waals surface area contributed by atoms with Crippen LogP contribution in [0.3, 0.4) is 0 Å². The minimum atomic E-state index is -0.472. The van der Waals surface area contributed by atoms with E-state index in [-0.39, 0.29) is 25.0 Å². The first kappa shape index (κ1) is 14.0. The second-order valence-corrected chi connectivity index (χ2v) is 4.23. The number of nitrogens with zero attached hydrogens (tertiary/aromatic N) is 1. The standard InChI is InChI=1S/C14H16N2O4/c1-2-19-13(17)9-15-14(18)11-8-12(20-16-11)10-6-4-3-5-7-10/h3-7,12H,2,8-9H2,1H3,(H,15,18). The highest BCUT2D eigenvalue weighted by Crippen LogP contribution is 2.26. The maximum Gasteiger partial charge on any atom is 0.325 e. The molecular weight excluding hydrogens is 260 g/mol. The van der Waals surface area contributed by atoms with Gasteiger partial charge in [0.05, 0.1) is 6.61 Å². The van der Waals surface area contributed by atoms with Gasteiger partial charge in [-0.15, -0.1) is 0 Å². The molecule has 0 saturated heterocycles. The summed E-state index contributed by atoms with van der Waals surface area (Å²) in [5.41, 5.74) is 1.24. The van der Waals surface area contributed by atoms with Gasteiger partial charge in [0.15, 0.2) is 6.10 Å². The van der Waals surface area contributed by atoms with Gasteiger partial charge in [0, 0.05) is 6.42 Å². The van der Waals surface area contributed by atoms with Crippen LogP contribution >= 0.6 is 0 Å². The van der Waals surface area contributed by atoms with E-state index in [1.807, 2.05) is 30.3 Å². The van der Waals surface area contributed by atoms with E-state index in [1.54, 1.807) is 6.92 Å². The second-order valence-electron chi connectivity index (χ2n) is 4.23. The number of hydrogen-bond acceptors (Lipinski definition) is 5. The molecule has 1 aliphatic rings. The molecule has 6 nitrogen and oxygen atoms in total. The number of nitrogens with one attached hydrogen (secondary N) is 1. The summed E-state index contributed by atoms with van der Waals surface area (Å²) in [7, 11) is 0. The molecule has 0 fully saturated rings. The Labute approximate surface area is 116 Å². The molecule has 1 amide bonds. The van der Waals surface area contributed by atoms with Crippen molar-refractivity contribution in [3.63, 3.8) is 0 Å². The van der Waals surface area contributed by atoms with Crippen molar-refractivity contribution in [3.05, 3.63) is 35.9 Å². The smallest absolute Gasteiger partial charge is 0.325 e. The molecule has 0 radical (unpaired) electrons. The molecule has 1 aliphatic heterocycles. The van der Waals surface area contributed by atoms with Crippen LogP contribution in [0.15, 0.2) is 35.5 Å². The van der Waals surface area contributed by atoms with Crippen molar-refractivity contribution in [2.75, 3.05) is 13.2 Å². The fourth-order valence-electron chi connectivity index (χ4n) is 1.82. The Bertz CT molecular complexity index is 513. The van der Waals surface area contributed by atoms with Crippen molar-refractivity contribution in [1.82, 2.24) is 5.32 Å². The van der Waals surface area contributed by atoms with Crippen molar-refractivity contribution in [2.24, 2.45) is 5.16 Å². The molecule has 1 aromatic carbocycles. The number of benzene rings is 1. The van der Waals surface area contributed by atoms with Crippen molar-refractivity contribution >= 4 is 17.6 Å². The van der Waals surface area contributed by atoms with Gasteiger partial charge in [-0.25, -0.2) is 0 Å². The van der Waals surface area contributed by atoms with E-state index in [4.69, 9.17) is 9.57 Å². The molecule has 106 valence electrons. The molecule has 0 bridgehead atoms. The summed E-state index contributed by atoms with van der Waals surface area (Å²) in [5.74, 6) is -0.878. The fraction of sp³-hybridized carbons (Fsp3) is 0.357. The Morgan fingerprint density at radius 2 is 2.15 bits per heavy atom. The van der Waals surface area contributed by atoms with Gasteiger partial charge in [-0.05, 0) is 12.5 Å². The minimum Gasteiger partial charge on any atom is -0.465 e. The van der Waals surface area contributed by atoms with E-state index in [0.717, 1.165) is 5.56 Å². The maximum absolute atomic E-state index is 11.8. The highest BCUT2D eigenvalue weighted by atomic mass is 16.6. The molecule has 0 spiro atoms. The third-order valence-corrected chi connectivity index (χ3v) is 2.80. The summed E-state index contributed by atoms with van der Waals surface area (Å²) in [5, 5.41) is 6.23. The van der Waals surface area contributed by atoms with Gasteiger partial charge in [0.1, 0.15) is 12.3 Å². The van der Waals surface area contributed by atoms with Gasteiger partial charge in [-0.3, -0.25) is 9.59 Å². The van der Waals surface area contributed by atoms with Crippen molar-refractivity contribution in [2.45, 2.75) is 19.4 Å². The average Bonchev–Trinajstić information content (AvgIpc) is 2.96. The monoisotopic (exact) mass is 276 g/mol. The van der Waals surface area contributed by atoms with Crippen LogP contribution in [0, 0.1) is 0 Å². The quantitative estimate of drug-likeness (QED) is 0.819. The topological polar surface area (TPSA) is 77.0 Å². The Hall–Kier alpha value is -2.37. The molecule has 1 heterocycles. The average molecular weight is 276 g/mol. The summed E-state index contributed by atoms with van der Waals surface area (Å²) in [6.07, 6.45) is 0.137. The lowest BCUT2D eigenvalue weighted by atomic mass is 10.0. The number of carbonyl (C=O) groups excluding carboxylic acids is 2. The third kappa shape index (κ3) is 3.57. The van der Waals surface area contributed by atoms with Crippen molar-refractivity contribution in [1.29, 1.82) is 0 Å². The third-order valence-electron chi connectivity index (χ3n) is 2.80. The number of esters is 1. The Balaban J connectivity index is 1.83. The Morgan fingerprint density at radius 1 is 1.40 bits per heavy atom. The van der Waals surface area contributed by atoms with Gasteiger partial charge in [0.25, 0.3) is 5.91 Å². The van der Waals surface area contributed by atoms with Crippen LogP contribution in [0.25, 0.3) is 0 Å². The van der Waals surface area contributed by atoms with E-state index in [1.165, 1.54) is 0 Å². The number of carbonyl (C=O) groups is 2. The maximum atomic E-state index is 11.8. The predicted octanol–water partition coefficient (Wildman–Crippen LogP) is 1.18. The number of amides is 1. The van der Waals surface area contributed by atoms with Gasteiger partial charge in [-0.2, -0.15) is 0 Å². The highest BCUT2D eigenvalue weighted by Gasteiger charge is 2.27. The van der Waals surface area contributed by atoms with Crippen LogP contribution in [0.1, 0.15) is 25.0 Å². The Kier molecular flexibility index (Phi) is 4.70. The lowest BCUT2D eigenvalue weighted by Crippen LogP contribution is -2.35. The van der Waals surface area contributed by atoms with Gasteiger partial charge >= 0.3 is 5.97 Å². The van der Waals surface area contributed by atoms with Crippen LogP contribution in [0.5, 0.6) is 0 Å². The summed E-state index contributed by atoms with van der Waals surface area (Å²) in [6.45, 7) is 1.83. The van der Waals surface area contributed by atoms with Crippen LogP contribution in [0.2, 0.25) is 0 Å². The van der Waals surface area contributed by atoms with Crippen LogP contribution in [0.4, 0.5) is 0 Å². The zero-order valence-electron chi connectivity index (χ0n) is 11.2. The van der Waals surface area contributed by atoms with E-state index < -0.39 is 11.9 Å². The first-order valence-electron chi connectivity index (χ1n) is 6.42. The molecule has 1 unspecified atom stereocenters. The van der Waals surface area contributed by atoms with E-state index in [9.17, 15) is 9.59 Å². The van der Waals surface area contributed by atoms with E-state index in [0.29, 0.717) is 6.42 Å². The summed E-state index contributed by atoms with van der Waals surface area (Å²) in [6, 6.07) is 9.54. The van der Waals surface area contributed by atoms with Crippen LogP contribution in [-0.2, 0) is 19.2 Å². The van der Waals surface area contributed by atoms with Gasteiger partial charge in [0.2, 0.25) is 0 Å². The van der Waals surface area contributed by atoms with Gasteiger partial charge in [-0.1, -0.05) is 35.5 Å². The molecule has 6 heteroatoms. The number of ether oxygens (including phenoxy) is 1. The van der Waals surface area contributed by atoms with Crippen molar-refractivity contribution in [3.8, 4) is 0 Å². The Morgan fingerprint density at radius 3 is 2.85 bits per heavy atom. The van der Waals surface area contributed by atoms with E-state index >= 15 is 0 Å². The minimum absolute atomic E-state index is 0.165.